The number of hydrogen-bond donors (Lipinski definition) is 1. The summed E-state index contributed by atoms with van der Waals surface area (Å²) in [5.41, 5.74) is 0.625. The molecule has 0 aromatic carbocycles. The van der Waals surface area contributed by atoms with E-state index in [2.05, 4.69) is 17.3 Å². The van der Waals surface area contributed by atoms with Gasteiger partial charge in [0.25, 0.3) is 0 Å². The second-order valence-corrected chi connectivity index (χ2v) is 3.00. The smallest absolute Gasteiger partial charge is 0.0467 e. The van der Waals surface area contributed by atoms with Gasteiger partial charge in [-0.05, 0) is 13.5 Å². The van der Waals surface area contributed by atoms with Crippen molar-refractivity contribution in [1.29, 1.82) is 0 Å². The van der Waals surface area contributed by atoms with Gasteiger partial charge in [0.2, 0.25) is 0 Å². The molecule has 0 saturated carbocycles. The Morgan fingerprint density at radius 1 is 1.44 bits per heavy atom. The zero-order chi connectivity index (χ0) is 5.61. The lowest BCUT2D eigenvalue weighted by atomic mass is 9.80. The molecule has 2 rings (SSSR count). The van der Waals surface area contributed by atoms with Crippen molar-refractivity contribution in [2.24, 2.45) is 0 Å². The largest absolute Gasteiger partial charge is 0.313 e. The van der Waals surface area contributed by atoms with E-state index in [1.165, 1.54) is 26.1 Å². The minimum atomic E-state index is 0. The Morgan fingerprint density at radius 3 is 2.11 bits per heavy atom. The number of nitrogens with zero attached hydrogens (tertiary/aromatic N) is 1. The van der Waals surface area contributed by atoms with Gasteiger partial charge in [-0.25, -0.2) is 0 Å². The Labute approximate surface area is 62.0 Å². The summed E-state index contributed by atoms with van der Waals surface area (Å²) in [7, 11) is 2.21. The van der Waals surface area contributed by atoms with Crippen molar-refractivity contribution in [3.05, 3.63) is 0 Å². The maximum Gasteiger partial charge on any atom is 0.0467 e. The fourth-order valence-corrected chi connectivity index (χ4v) is 1.51. The van der Waals surface area contributed by atoms with Crippen molar-refractivity contribution < 1.29 is 0 Å². The normalized spacial score (nSPS) is 30.3. The molecule has 9 heavy (non-hydrogen) atoms. The maximum atomic E-state index is 3.29. The summed E-state index contributed by atoms with van der Waals surface area (Å²) in [5.74, 6) is 0. The van der Waals surface area contributed by atoms with Crippen LogP contribution in [-0.4, -0.2) is 37.1 Å². The second-order valence-electron chi connectivity index (χ2n) is 3.00. The molecule has 0 radical (unpaired) electrons. The van der Waals surface area contributed by atoms with Gasteiger partial charge in [0.05, 0.1) is 0 Å². The van der Waals surface area contributed by atoms with Crippen molar-refractivity contribution in [3.63, 3.8) is 0 Å². The molecule has 2 aliphatic rings. The molecule has 0 aliphatic carbocycles. The highest BCUT2D eigenvalue weighted by atomic mass is 35.5. The third-order valence-electron chi connectivity index (χ3n) is 2.63. The van der Waals surface area contributed by atoms with E-state index >= 15 is 0 Å². The first-order valence-electron chi connectivity index (χ1n) is 3.25. The quantitative estimate of drug-likeness (QED) is 0.524. The van der Waals surface area contributed by atoms with Crippen LogP contribution in [0.3, 0.4) is 0 Å². The number of likely N-dealkylation sites (tertiary alicyclic amines) is 1. The number of nitrogens with one attached hydrogen (secondary N) is 1. The predicted octanol–water partition coefficient (Wildman–Crippen LogP) is 0.0857. The fraction of sp³-hybridized carbons (Fsp3) is 1.00. The first-order chi connectivity index (χ1) is 3.83. The zero-order valence-electron chi connectivity index (χ0n) is 5.68. The van der Waals surface area contributed by atoms with Crippen LogP contribution in [0.5, 0.6) is 0 Å². The highest BCUT2D eigenvalue weighted by molar-refractivity contribution is 5.85. The van der Waals surface area contributed by atoms with Gasteiger partial charge in [-0.3, -0.25) is 4.90 Å². The average molecular weight is 149 g/mol. The first kappa shape index (κ1) is 7.32. The Balaban J connectivity index is 0.000000405. The molecule has 2 saturated heterocycles. The van der Waals surface area contributed by atoms with Crippen molar-refractivity contribution in [2.45, 2.75) is 12.0 Å². The van der Waals surface area contributed by atoms with E-state index in [0.717, 1.165) is 0 Å². The fourth-order valence-electron chi connectivity index (χ4n) is 1.51. The van der Waals surface area contributed by atoms with Crippen molar-refractivity contribution in [2.75, 3.05) is 26.7 Å². The SMILES string of the molecule is CN1CCC12CNC2.Cl. The molecular formula is C6H13ClN2. The molecular weight excluding hydrogens is 136 g/mol. The van der Waals surface area contributed by atoms with Gasteiger partial charge in [0.1, 0.15) is 0 Å². The van der Waals surface area contributed by atoms with Gasteiger partial charge in [-0.15, -0.1) is 12.4 Å². The number of rotatable bonds is 0. The second kappa shape index (κ2) is 2.11. The molecule has 1 spiro atoms. The van der Waals surface area contributed by atoms with E-state index in [4.69, 9.17) is 0 Å². The summed E-state index contributed by atoms with van der Waals surface area (Å²) in [6.45, 7) is 3.76. The number of likely N-dealkylation sites (N-methyl/N-ethyl adjacent to an activating group) is 1. The van der Waals surface area contributed by atoms with Crippen molar-refractivity contribution in [3.8, 4) is 0 Å². The third kappa shape index (κ3) is 0.775. The van der Waals surface area contributed by atoms with Gasteiger partial charge in [0, 0.05) is 25.2 Å². The highest BCUT2D eigenvalue weighted by Crippen LogP contribution is 2.31. The van der Waals surface area contributed by atoms with Crippen LogP contribution in [0.4, 0.5) is 0 Å². The summed E-state index contributed by atoms with van der Waals surface area (Å²) in [6, 6.07) is 0. The molecule has 0 atom stereocenters. The molecule has 1 N–H and O–H groups in total. The van der Waals surface area contributed by atoms with Gasteiger partial charge in [-0.1, -0.05) is 0 Å². The number of halogens is 1. The van der Waals surface area contributed by atoms with E-state index in [1.54, 1.807) is 0 Å². The predicted molar refractivity (Wildman–Crippen MR) is 40.1 cm³/mol. The molecule has 2 aliphatic heterocycles. The Bertz CT molecular complexity index is 106. The summed E-state index contributed by atoms with van der Waals surface area (Å²) < 4.78 is 0. The lowest BCUT2D eigenvalue weighted by Gasteiger charge is -2.57. The van der Waals surface area contributed by atoms with Crippen molar-refractivity contribution in [1.82, 2.24) is 10.2 Å². The monoisotopic (exact) mass is 148 g/mol. The molecule has 0 amide bonds. The van der Waals surface area contributed by atoms with E-state index < -0.39 is 0 Å². The molecule has 0 aromatic heterocycles. The van der Waals surface area contributed by atoms with Gasteiger partial charge >= 0.3 is 0 Å². The summed E-state index contributed by atoms with van der Waals surface area (Å²) in [4.78, 5) is 2.45. The Kier molecular flexibility index (Phi) is 1.72. The van der Waals surface area contributed by atoms with Crippen LogP contribution in [0.15, 0.2) is 0 Å². The van der Waals surface area contributed by atoms with E-state index in [9.17, 15) is 0 Å². The molecule has 2 heterocycles. The minimum Gasteiger partial charge on any atom is -0.313 e. The molecule has 0 unspecified atom stereocenters. The van der Waals surface area contributed by atoms with E-state index in [-0.39, 0.29) is 12.4 Å². The molecule has 2 nitrogen and oxygen atoms in total. The van der Waals surface area contributed by atoms with Crippen LogP contribution < -0.4 is 5.32 Å². The van der Waals surface area contributed by atoms with Gasteiger partial charge in [-0.2, -0.15) is 0 Å². The number of hydrogen-bond acceptors (Lipinski definition) is 2. The van der Waals surface area contributed by atoms with Gasteiger partial charge < -0.3 is 5.32 Å². The van der Waals surface area contributed by atoms with Crippen LogP contribution in [0.2, 0.25) is 0 Å². The van der Waals surface area contributed by atoms with Crippen LogP contribution in [0.25, 0.3) is 0 Å². The average Bonchev–Trinajstić information content (AvgIpc) is 1.58. The minimum absolute atomic E-state index is 0. The molecule has 0 aromatic rings. The summed E-state index contributed by atoms with van der Waals surface area (Å²) in [6.07, 6.45) is 1.41. The Morgan fingerprint density at radius 2 is 2.11 bits per heavy atom. The Hall–Kier alpha value is 0.210. The summed E-state index contributed by atoms with van der Waals surface area (Å²) in [5, 5.41) is 3.29. The first-order valence-corrected chi connectivity index (χ1v) is 3.25. The summed E-state index contributed by atoms with van der Waals surface area (Å²) >= 11 is 0. The third-order valence-corrected chi connectivity index (χ3v) is 2.63. The lowest BCUT2D eigenvalue weighted by molar-refractivity contribution is -0.0312. The van der Waals surface area contributed by atoms with E-state index in [0.29, 0.717) is 5.54 Å². The van der Waals surface area contributed by atoms with Crippen LogP contribution in [0, 0.1) is 0 Å². The maximum absolute atomic E-state index is 3.29. The molecule has 2 fully saturated rings. The highest BCUT2D eigenvalue weighted by Gasteiger charge is 2.46. The standard InChI is InChI=1S/C6H12N2.ClH/c1-8-3-2-6(8)4-7-5-6;/h7H,2-5H2,1H3;1H. The van der Waals surface area contributed by atoms with Crippen LogP contribution >= 0.6 is 12.4 Å². The van der Waals surface area contributed by atoms with Crippen LogP contribution in [-0.2, 0) is 0 Å². The van der Waals surface area contributed by atoms with E-state index in [1.807, 2.05) is 0 Å². The topological polar surface area (TPSA) is 15.3 Å². The zero-order valence-corrected chi connectivity index (χ0v) is 6.50. The van der Waals surface area contributed by atoms with Gasteiger partial charge in [0.15, 0.2) is 0 Å². The molecule has 0 bridgehead atoms. The molecule has 54 valence electrons. The molecule has 3 heteroatoms. The van der Waals surface area contributed by atoms with Crippen molar-refractivity contribution >= 4 is 12.4 Å². The lowest BCUT2D eigenvalue weighted by Crippen LogP contribution is -2.74. The van der Waals surface area contributed by atoms with Crippen LogP contribution in [0.1, 0.15) is 6.42 Å².